The summed E-state index contributed by atoms with van der Waals surface area (Å²) in [5.74, 6) is 0.188. The highest BCUT2D eigenvalue weighted by atomic mass is 32.2. The molecule has 1 aromatic rings. The Labute approximate surface area is 104 Å². The second kappa shape index (κ2) is 4.67. The van der Waals surface area contributed by atoms with Crippen molar-refractivity contribution in [2.24, 2.45) is 10.2 Å². The van der Waals surface area contributed by atoms with Crippen molar-refractivity contribution in [3.8, 4) is 0 Å². The Morgan fingerprint density at radius 1 is 1.39 bits per heavy atom. The zero-order chi connectivity index (χ0) is 13.2. The number of amidine groups is 1. The van der Waals surface area contributed by atoms with Crippen LogP contribution in [0.25, 0.3) is 10.4 Å². The summed E-state index contributed by atoms with van der Waals surface area (Å²) >= 11 is 0. The van der Waals surface area contributed by atoms with Gasteiger partial charge < -0.3 is 0 Å². The number of hydrogen-bond donors (Lipinski definition) is 0. The second-order valence-electron chi connectivity index (χ2n) is 3.82. The van der Waals surface area contributed by atoms with Gasteiger partial charge in [0.15, 0.2) is 0 Å². The Morgan fingerprint density at radius 2 is 2.06 bits per heavy atom. The molecule has 1 heterocycles. The maximum Gasteiger partial charge on any atom is 0.279 e. The maximum absolute atomic E-state index is 12.2. The molecule has 0 aliphatic carbocycles. The van der Waals surface area contributed by atoms with Gasteiger partial charge in [-0.15, -0.1) is 0 Å². The van der Waals surface area contributed by atoms with Crippen LogP contribution in [-0.2, 0) is 10.0 Å². The van der Waals surface area contributed by atoms with Gasteiger partial charge in [0.2, 0.25) is 0 Å². The van der Waals surface area contributed by atoms with Gasteiger partial charge in [0.25, 0.3) is 10.0 Å². The molecule has 0 unspecified atom stereocenters. The Hall–Kier alpha value is -2.05. The Bertz CT molecular complexity index is 629. The fourth-order valence-corrected chi connectivity index (χ4v) is 2.81. The van der Waals surface area contributed by atoms with Crippen LogP contribution in [0.3, 0.4) is 0 Å². The molecular weight excluding hydrogens is 254 g/mol. The molecule has 1 aromatic carbocycles. The molecule has 1 aliphatic rings. The largest absolute Gasteiger partial charge is 0.279 e. The molecule has 2 rings (SSSR count). The first kappa shape index (κ1) is 12.4. The number of hydrogen-bond acceptors (Lipinski definition) is 4. The Kier molecular flexibility index (Phi) is 3.22. The molecule has 7 nitrogen and oxygen atoms in total. The van der Waals surface area contributed by atoms with Crippen LogP contribution in [0.15, 0.2) is 39.4 Å². The molecule has 0 atom stereocenters. The minimum Gasteiger partial charge on any atom is -0.200 e. The van der Waals surface area contributed by atoms with Gasteiger partial charge in [-0.1, -0.05) is 17.7 Å². The van der Waals surface area contributed by atoms with E-state index >= 15 is 0 Å². The van der Waals surface area contributed by atoms with Gasteiger partial charge in [-0.2, -0.15) is 17.9 Å². The van der Waals surface area contributed by atoms with Crippen LogP contribution in [0.5, 0.6) is 0 Å². The molecule has 94 valence electrons. The molecule has 0 bridgehead atoms. The molecular formula is C10H11N5O2S. The van der Waals surface area contributed by atoms with Gasteiger partial charge in [0, 0.05) is 11.3 Å². The molecule has 0 spiro atoms. The summed E-state index contributed by atoms with van der Waals surface area (Å²) in [6.07, 6.45) is 0.329. The second-order valence-corrected chi connectivity index (χ2v) is 5.66. The number of azide groups is 1. The third kappa shape index (κ3) is 2.29. The topological polar surface area (TPSA) is 98.5 Å². The number of sulfonamides is 1. The van der Waals surface area contributed by atoms with E-state index < -0.39 is 10.0 Å². The van der Waals surface area contributed by atoms with Crippen molar-refractivity contribution in [3.05, 3.63) is 40.3 Å². The van der Waals surface area contributed by atoms with Gasteiger partial charge >= 0.3 is 0 Å². The number of benzene rings is 1. The van der Waals surface area contributed by atoms with Crippen LogP contribution in [0.1, 0.15) is 12.0 Å². The van der Waals surface area contributed by atoms with Crippen LogP contribution in [-0.4, -0.2) is 25.2 Å². The minimum atomic E-state index is -3.64. The van der Waals surface area contributed by atoms with E-state index in [0.717, 1.165) is 9.98 Å². The van der Waals surface area contributed by atoms with Crippen LogP contribution in [0.2, 0.25) is 0 Å². The fraction of sp³-hybridized carbons (Fsp3) is 0.300. The van der Waals surface area contributed by atoms with Crippen molar-refractivity contribution in [1.82, 2.24) is 4.41 Å². The third-order valence-corrected chi connectivity index (χ3v) is 4.20. The van der Waals surface area contributed by atoms with Crippen LogP contribution >= 0.6 is 0 Å². The van der Waals surface area contributed by atoms with Crippen molar-refractivity contribution in [3.63, 3.8) is 0 Å². The first-order valence-corrected chi connectivity index (χ1v) is 6.70. The highest BCUT2D eigenvalue weighted by Gasteiger charge is 2.27. The van der Waals surface area contributed by atoms with E-state index in [0.29, 0.717) is 6.42 Å². The molecule has 0 N–H and O–H groups in total. The molecule has 0 saturated heterocycles. The van der Waals surface area contributed by atoms with Crippen LogP contribution in [0, 0.1) is 6.92 Å². The molecule has 0 radical (unpaired) electrons. The average molecular weight is 265 g/mol. The number of rotatable bonds is 2. The van der Waals surface area contributed by atoms with E-state index in [4.69, 9.17) is 5.53 Å². The summed E-state index contributed by atoms with van der Waals surface area (Å²) in [5.41, 5.74) is 9.25. The zero-order valence-corrected chi connectivity index (χ0v) is 10.5. The fourth-order valence-electron chi connectivity index (χ4n) is 1.55. The molecule has 1 aliphatic heterocycles. The Morgan fingerprint density at radius 3 is 2.67 bits per heavy atom. The monoisotopic (exact) mass is 265 g/mol. The normalized spacial score (nSPS) is 15.2. The summed E-state index contributed by atoms with van der Waals surface area (Å²) in [6, 6.07) is 6.51. The predicted molar refractivity (Wildman–Crippen MR) is 66.3 cm³/mol. The highest BCUT2D eigenvalue weighted by Crippen LogP contribution is 2.20. The smallest absolute Gasteiger partial charge is 0.200 e. The third-order valence-electron chi connectivity index (χ3n) is 2.51. The quantitative estimate of drug-likeness (QED) is 0.464. The summed E-state index contributed by atoms with van der Waals surface area (Å²) in [5, 5.41) is 7.11. The summed E-state index contributed by atoms with van der Waals surface area (Å²) < 4.78 is 25.3. The molecule has 0 saturated carbocycles. The van der Waals surface area contributed by atoms with E-state index in [1.54, 1.807) is 12.1 Å². The average Bonchev–Trinajstić information content (AvgIpc) is 2.79. The molecule has 18 heavy (non-hydrogen) atoms. The van der Waals surface area contributed by atoms with Crippen molar-refractivity contribution < 1.29 is 8.42 Å². The first-order chi connectivity index (χ1) is 8.54. The van der Waals surface area contributed by atoms with Crippen molar-refractivity contribution in [2.45, 2.75) is 18.2 Å². The predicted octanol–water partition coefficient (Wildman–Crippen LogP) is 2.01. The molecule has 0 aromatic heterocycles. The summed E-state index contributed by atoms with van der Waals surface area (Å²) in [6.45, 7) is 2.08. The lowest BCUT2D eigenvalue weighted by Gasteiger charge is -2.13. The zero-order valence-electron chi connectivity index (χ0n) is 9.68. The van der Waals surface area contributed by atoms with Gasteiger partial charge in [0.05, 0.1) is 11.4 Å². The van der Waals surface area contributed by atoms with E-state index in [1.807, 2.05) is 6.92 Å². The van der Waals surface area contributed by atoms with E-state index in [1.165, 1.54) is 12.1 Å². The summed E-state index contributed by atoms with van der Waals surface area (Å²) in [4.78, 5) is 2.77. The Balaban J connectivity index is 2.33. The van der Waals surface area contributed by atoms with Gasteiger partial charge in [0.1, 0.15) is 5.84 Å². The van der Waals surface area contributed by atoms with Gasteiger partial charge in [-0.3, -0.25) is 0 Å². The van der Waals surface area contributed by atoms with Crippen molar-refractivity contribution >= 4 is 15.9 Å². The number of hydrazone groups is 1. The van der Waals surface area contributed by atoms with E-state index in [9.17, 15) is 8.42 Å². The SMILES string of the molecule is Cc1ccc(S(=O)(=O)N2CCC(N=[N+]=[N-])=N2)cc1. The summed E-state index contributed by atoms with van der Waals surface area (Å²) in [7, 11) is -3.64. The van der Waals surface area contributed by atoms with Crippen molar-refractivity contribution in [2.75, 3.05) is 6.54 Å². The number of aryl methyl sites for hydroxylation is 1. The maximum atomic E-state index is 12.2. The first-order valence-electron chi connectivity index (χ1n) is 5.26. The lowest BCUT2D eigenvalue weighted by Crippen LogP contribution is -2.23. The van der Waals surface area contributed by atoms with E-state index in [-0.39, 0.29) is 17.3 Å². The van der Waals surface area contributed by atoms with Gasteiger partial charge in [-0.05, 0) is 29.7 Å². The molecule has 0 fully saturated rings. The molecule has 0 amide bonds. The standard InChI is InChI=1S/C10H11N5O2S/c1-8-2-4-9(5-3-8)18(16,17)15-7-6-10(13-15)12-14-11/h2-5H,6-7H2,1H3. The van der Waals surface area contributed by atoms with Crippen LogP contribution in [0.4, 0.5) is 0 Å². The molecule has 8 heteroatoms. The van der Waals surface area contributed by atoms with Crippen LogP contribution < -0.4 is 0 Å². The lowest BCUT2D eigenvalue weighted by molar-refractivity contribution is 0.461. The van der Waals surface area contributed by atoms with E-state index in [2.05, 4.69) is 15.1 Å². The van der Waals surface area contributed by atoms with Gasteiger partial charge in [-0.25, -0.2) is 0 Å². The van der Waals surface area contributed by atoms with Crippen molar-refractivity contribution in [1.29, 1.82) is 0 Å². The lowest BCUT2D eigenvalue weighted by atomic mass is 10.2. The highest BCUT2D eigenvalue weighted by molar-refractivity contribution is 7.89. The number of nitrogens with zero attached hydrogens (tertiary/aromatic N) is 5. The minimum absolute atomic E-state index is 0.180.